The topological polar surface area (TPSA) is 71.4 Å². The number of likely N-dealkylation sites (tertiary alicyclic amines) is 1. The Balaban J connectivity index is 1.66. The number of hydrogen-bond acceptors (Lipinski definition) is 5. The number of para-hydroxylation sites is 1. The minimum absolute atomic E-state index is 0.132. The van der Waals surface area contributed by atoms with Crippen LogP contribution in [0.3, 0.4) is 0 Å². The molecule has 4 aromatic rings. The van der Waals surface area contributed by atoms with Crippen molar-refractivity contribution in [3.63, 3.8) is 0 Å². The van der Waals surface area contributed by atoms with E-state index >= 15 is 0 Å². The number of anilines is 1. The van der Waals surface area contributed by atoms with Crippen molar-refractivity contribution in [1.29, 1.82) is 0 Å². The number of carbonyl (C=O) groups is 2. The van der Waals surface area contributed by atoms with Gasteiger partial charge in [-0.2, -0.15) is 0 Å². The Hall–Kier alpha value is -3.62. The number of hydrogen-bond donors (Lipinski definition) is 1. The van der Waals surface area contributed by atoms with Crippen molar-refractivity contribution in [3.05, 3.63) is 93.5 Å². The van der Waals surface area contributed by atoms with Crippen molar-refractivity contribution in [2.45, 2.75) is 19.8 Å². The largest absolute Gasteiger partial charge is 0.317 e. The van der Waals surface area contributed by atoms with Crippen LogP contribution < -0.4 is 10.9 Å². The molecule has 2 aromatic heterocycles. The van der Waals surface area contributed by atoms with Crippen molar-refractivity contribution in [1.82, 2.24) is 9.47 Å². The summed E-state index contributed by atoms with van der Waals surface area (Å²) < 4.78 is 15.5. The predicted octanol–water partition coefficient (Wildman–Crippen LogP) is 5.01. The summed E-state index contributed by atoms with van der Waals surface area (Å²) in [5.41, 5.74) is 1.42. The lowest BCUT2D eigenvalue weighted by Crippen LogP contribution is -2.36. The number of aromatic nitrogens is 1. The second-order valence-electron chi connectivity index (χ2n) is 9.23. The molecule has 0 unspecified atom stereocenters. The highest BCUT2D eigenvalue weighted by molar-refractivity contribution is 7.23. The summed E-state index contributed by atoms with van der Waals surface area (Å²) >= 11 is 1.21. The van der Waals surface area contributed by atoms with Crippen LogP contribution >= 0.6 is 11.3 Å². The first-order valence-electron chi connectivity index (χ1n) is 11.9. The first-order chi connectivity index (χ1) is 17.3. The van der Waals surface area contributed by atoms with Crippen LogP contribution in [0.25, 0.3) is 15.9 Å². The van der Waals surface area contributed by atoms with Crippen LogP contribution in [-0.2, 0) is 4.79 Å². The van der Waals surface area contributed by atoms with Crippen molar-refractivity contribution in [2.24, 2.45) is 5.92 Å². The molecule has 1 amide bonds. The molecular weight excluding hydrogens is 477 g/mol. The lowest BCUT2D eigenvalue weighted by molar-refractivity contribution is -0.121. The van der Waals surface area contributed by atoms with Gasteiger partial charge in [-0.1, -0.05) is 29.5 Å². The molecule has 3 heterocycles. The number of nitrogens with one attached hydrogen (secondary N) is 1. The van der Waals surface area contributed by atoms with Crippen LogP contribution in [0.2, 0.25) is 0 Å². The zero-order valence-corrected chi connectivity index (χ0v) is 20.9. The van der Waals surface area contributed by atoms with Gasteiger partial charge in [0.25, 0.3) is 5.56 Å². The molecule has 6 nitrogen and oxygen atoms in total. The maximum absolute atomic E-state index is 13.9. The number of pyridine rings is 1. The zero-order valence-electron chi connectivity index (χ0n) is 20.1. The van der Waals surface area contributed by atoms with E-state index in [1.165, 1.54) is 35.6 Å². The number of rotatable bonds is 5. The fourth-order valence-corrected chi connectivity index (χ4v) is 5.85. The van der Waals surface area contributed by atoms with E-state index < -0.39 is 5.82 Å². The molecule has 0 radical (unpaired) electrons. The Bertz CT molecular complexity index is 1520. The number of carbonyl (C=O) groups excluding carboxylic acids is 2. The van der Waals surface area contributed by atoms with Gasteiger partial charge in [0, 0.05) is 22.9 Å². The number of piperidine rings is 1. The lowest BCUT2D eigenvalue weighted by Gasteiger charge is -2.27. The monoisotopic (exact) mass is 503 g/mol. The van der Waals surface area contributed by atoms with Gasteiger partial charge < -0.3 is 10.2 Å². The van der Waals surface area contributed by atoms with E-state index in [4.69, 9.17) is 0 Å². The highest BCUT2D eigenvalue weighted by Gasteiger charge is 2.28. The minimum atomic E-state index is -0.393. The average Bonchev–Trinajstić information content (AvgIpc) is 3.23. The van der Waals surface area contributed by atoms with Crippen molar-refractivity contribution in [2.75, 3.05) is 25.5 Å². The number of halogens is 1. The van der Waals surface area contributed by atoms with Crippen LogP contribution in [0.1, 0.15) is 34.3 Å². The van der Waals surface area contributed by atoms with Gasteiger partial charge >= 0.3 is 0 Å². The van der Waals surface area contributed by atoms with Crippen LogP contribution in [0, 0.1) is 18.7 Å². The third-order valence-electron chi connectivity index (χ3n) is 6.73. The molecule has 0 spiro atoms. The van der Waals surface area contributed by atoms with Crippen molar-refractivity contribution < 1.29 is 14.0 Å². The summed E-state index contributed by atoms with van der Waals surface area (Å²) in [5.74, 6) is -1.01. The van der Waals surface area contributed by atoms with Gasteiger partial charge in [-0.15, -0.1) is 0 Å². The number of nitrogens with zero attached hydrogens (tertiary/aromatic N) is 2. The third-order valence-corrected chi connectivity index (χ3v) is 7.84. The highest BCUT2D eigenvalue weighted by Crippen LogP contribution is 2.38. The van der Waals surface area contributed by atoms with Crippen molar-refractivity contribution in [3.8, 4) is 5.69 Å². The molecule has 184 valence electrons. The summed E-state index contributed by atoms with van der Waals surface area (Å²) in [4.78, 5) is 42.7. The van der Waals surface area contributed by atoms with Gasteiger partial charge in [-0.25, -0.2) is 4.39 Å². The molecule has 1 fully saturated rings. The minimum Gasteiger partial charge on any atom is -0.317 e. The van der Waals surface area contributed by atoms with E-state index in [9.17, 15) is 18.8 Å². The van der Waals surface area contributed by atoms with Gasteiger partial charge in [-0.3, -0.25) is 19.0 Å². The summed E-state index contributed by atoms with van der Waals surface area (Å²) in [7, 11) is 2.03. The number of aryl methyl sites for hydroxylation is 1. The maximum Gasteiger partial charge on any atom is 0.256 e. The molecule has 0 saturated carbocycles. The van der Waals surface area contributed by atoms with Gasteiger partial charge in [0.1, 0.15) is 15.6 Å². The predicted molar refractivity (Wildman–Crippen MR) is 141 cm³/mol. The number of amides is 1. The number of thiophene rings is 1. The Morgan fingerprint density at radius 1 is 1.03 bits per heavy atom. The molecule has 2 aromatic carbocycles. The fraction of sp³-hybridized carbons (Fsp3) is 0.250. The van der Waals surface area contributed by atoms with E-state index in [0.29, 0.717) is 37.6 Å². The Morgan fingerprint density at radius 3 is 2.44 bits per heavy atom. The van der Waals surface area contributed by atoms with Gasteiger partial charge in [0.2, 0.25) is 5.91 Å². The Labute approximate surface area is 212 Å². The van der Waals surface area contributed by atoms with Crippen LogP contribution in [0.4, 0.5) is 9.39 Å². The molecule has 0 bridgehead atoms. The summed E-state index contributed by atoms with van der Waals surface area (Å²) in [6, 6.07) is 16.5. The van der Waals surface area contributed by atoms with Crippen LogP contribution in [0.15, 0.2) is 65.5 Å². The summed E-state index contributed by atoms with van der Waals surface area (Å²) in [6.45, 7) is 3.27. The fourth-order valence-electron chi connectivity index (χ4n) is 4.63. The number of benzene rings is 2. The second-order valence-corrected chi connectivity index (χ2v) is 10.2. The molecule has 8 heteroatoms. The standard InChI is InChI=1S/C28H26FN3O3S/c1-17-16-19(8-10-22(17)29)25(34)24-21-9-11-23(33)32(20-6-4-3-5-7-20)28(21)36-27(24)30-26(35)18-12-14-31(2)15-13-18/h3-11,16,18H,12-15H2,1-2H3,(H,30,35). The highest BCUT2D eigenvalue weighted by atomic mass is 32.1. The third kappa shape index (κ3) is 4.50. The molecule has 0 aliphatic carbocycles. The van der Waals surface area contributed by atoms with E-state index in [1.807, 2.05) is 37.4 Å². The van der Waals surface area contributed by atoms with E-state index in [0.717, 1.165) is 25.9 Å². The molecule has 0 atom stereocenters. The summed E-state index contributed by atoms with van der Waals surface area (Å²) in [5, 5.41) is 3.97. The molecule has 5 rings (SSSR count). The molecule has 36 heavy (non-hydrogen) atoms. The van der Waals surface area contributed by atoms with Crippen molar-refractivity contribution >= 4 is 38.2 Å². The number of fused-ring (bicyclic) bond motifs is 1. The van der Waals surface area contributed by atoms with Gasteiger partial charge in [-0.05, 0) is 81.9 Å². The first kappa shape index (κ1) is 24.1. The van der Waals surface area contributed by atoms with Gasteiger partial charge in [0.05, 0.1) is 11.3 Å². The SMILES string of the molecule is Cc1cc(C(=O)c2c(NC(=O)C3CCN(C)CC3)sc3c2ccc(=O)n3-c2ccccc2)ccc1F. The normalized spacial score (nSPS) is 14.8. The van der Waals surface area contributed by atoms with E-state index in [2.05, 4.69) is 10.2 Å². The van der Waals surface area contributed by atoms with Crippen LogP contribution in [0.5, 0.6) is 0 Å². The van der Waals surface area contributed by atoms with Crippen LogP contribution in [-0.4, -0.2) is 41.3 Å². The average molecular weight is 504 g/mol. The zero-order chi connectivity index (χ0) is 25.4. The molecule has 1 aliphatic rings. The molecule has 1 aliphatic heterocycles. The smallest absolute Gasteiger partial charge is 0.256 e. The molecule has 1 N–H and O–H groups in total. The summed E-state index contributed by atoms with van der Waals surface area (Å²) in [6.07, 6.45) is 1.48. The Morgan fingerprint density at radius 2 is 1.75 bits per heavy atom. The number of ketones is 1. The maximum atomic E-state index is 13.9. The van der Waals surface area contributed by atoms with E-state index in [-0.39, 0.29) is 23.2 Å². The quantitative estimate of drug-likeness (QED) is 0.389. The molecule has 1 saturated heterocycles. The molecular formula is C28H26FN3O3S. The van der Waals surface area contributed by atoms with E-state index in [1.54, 1.807) is 17.6 Å². The second kappa shape index (κ2) is 9.79. The van der Waals surface area contributed by atoms with Gasteiger partial charge in [0.15, 0.2) is 5.78 Å². The first-order valence-corrected chi connectivity index (χ1v) is 12.7. The Kier molecular flexibility index (Phi) is 6.55. The lowest BCUT2D eigenvalue weighted by atomic mass is 9.96.